The SMILES string of the molecule is COc1ccc2c3c1O[C@H]1[C@@H](N(CCCCCCc4ccccc4)CC(=O)c4ccccc4)CC[C@H]4[C@@H](C2)N(CC(C)=O)CC[C@@]341. The molecule has 242 valence electrons. The van der Waals surface area contributed by atoms with Crippen LogP contribution < -0.4 is 9.47 Å². The van der Waals surface area contributed by atoms with E-state index < -0.39 is 0 Å². The van der Waals surface area contributed by atoms with Crippen LogP contribution in [0.3, 0.4) is 0 Å². The van der Waals surface area contributed by atoms with Crippen molar-refractivity contribution < 1.29 is 19.1 Å². The van der Waals surface area contributed by atoms with E-state index in [-0.39, 0.29) is 29.1 Å². The first-order valence-electron chi connectivity index (χ1n) is 17.5. The van der Waals surface area contributed by atoms with E-state index in [9.17, 15) is 9.59 Å². The number of aryl methyl sites for hydroxylation is 1. The smallest absolute Gasteiger partial charge is 0.176 e. The number of hydrogen-bond acceptors (Lipinski definition) is 6. The van der Waals surface area contributed by atoms with Gasteiger partial charge in [-0.2, -0.15) is 0 Å². The Balaban J connectivity index is 1.15. The number of hydrogen-bond donors (Lipinski definition) is 0. The molecule has 5 atom stereocenters. The molecule has 6 heteroatoms. The highest BCUT2D eigenvalue weighted by Crippen LogP contribution is 2.64. The topological polar surface area (TPSA) is 59.1 Å². The molecular formula is C40H48N2O4. The lowest BCUT2D eigenvalue weighted by atomic mass is 9.51. The number of piperidine rings is 1. The summed E-state index contributed by atoms with van der Waals surface area (Å²) in [4.78, 5) is 31.0. The number of benzene rings is 3. The molecule has 3 aromatic rings. The van der Waals surface area contributed by atoms with Crippen molar-refractivity contribution in [1.29, 1.82) is 0 Å². The molecule has 2 aliphatic heterocycles. The molecule has 2 aliphatic carbocycles. The van der Waals surface area contributed by atoms with Crippen LogP contribution in [-0.4, -0.2) is 72.8 Å². The number of ether oxygens (including phenoxy) is 2. The number of carbonyl (C=O) groups excluding carboxylic acids is 2. The number of methoxy groups -OCH3 is 1. The Hall–Kier alpha value is -3.48. The van der Waals surface area contributed by atoms with E-state index in [0.29, 0.717) is 25.0 Å². The molecule has 0 unspecified atom stereocenters. The van der Waals surface area contributed by atoms with Gasteiger partial charge < -0.3 is 9.47 Å². The summed E-state index contributed by atoms with van der Waals surface area (Å²) in [6.45, 7) is 4.42. The van der Waals surface area contributed by atoms with E-state index in [4.69, 9.17) is 9.47 Å². The largest absolute Gasteiger partial charge is 0.493 e. The van der Waals surface area contributed by atoms with Crippen LogP contribution >= 0.6 is 0 Å². The van der Waals surface area contributed by atoms with E-state index in [1.165, 1.54) is 29.5 Å². The third-order valence-electron chi connectivity index (χ3n) is 11.4. The Labute approximate surface area is 274 Å². The third-order valence-corrected chi connectivity index (χ3v) is 11.4. The van der Waals surface area contributed by atoms with Crippen LogP contribution in [0.25, 0.3) is 0 Å². The molecule has 3 aromatic carbocycles. The van der Waals surface area contributed by atoms with Crippen LogP contribution in [0.1, 0.15) is 78.9 Å². The molecule has 46 heavy (non-hydrogen) atoms. The average Bonchev–Trinajstić information content (AvgIpc) is 3.42. The molecule has 2 bridgehead atoms. The van der Waals surface area contributed by atoms with Gasteiger partial charge in [-0.3, -0.25) is 19.4 Å². The van der Waals surface area contributed by atoms with E-state index >= 15 is 0 Å². The van der Waals surface area contributed by atoms with Gasteiger partial charge in [0.2, 0.25) is 0 Å². The zero-order valence-corrected chi connectivity index (χ0v) is 27.5. The van der Waals surface area contributed by atoms with Crippen LogP contribution in [-0.2, 0) is 23.1 Å². The Morgan fingerprint density at radius 1 is 0.957 bits per heavy atom. The Morgan fingerprint density at radius 2 is 1.72 bits per heavy atom. The van der Waals surface area contributed by atoms with Gasteiger partial charge in [0, 0.05) is 28.6 Å². The molecule has 2 heterocycles. The Kier molecular flexibility index (Phi) is 9.02. The molecule has 1 spiro atoms. The fourth-order valence-corrected chi connectivity index (χ4v) is 9.51. The first kappa shape index (κ1) is 31.1. The predicted octanol–water partition coefficient (Wildman–Crippen LogP) is 6.68. The zero-order chi connectivity index (χ0) is 31.7. The number of nitrogens with zero attached hydrogens (tertiary/aromatic N) is 2. The maximum Gasteiger partial charge on any atom is 0.176 e. The van der Waals surface area contributed by atoms with Gasteiger partial charge in [-0.05, 0) is 88.1 Å². The van der Waals surface area contributed by atoms with Crippen molar-refractivity contribution >= 4 is 11.6 Å². The fourth-order valence-electron chi connectivity index (χ4n) is 9.51. The molecule has 0 aromatic heterocycles. The molecule has 4 aliphatic rings. The molecular weight excluding hydrogens is 572 g/mol. The standard InChI is InChI=1S/C40H48N2O4/c1-28(43)26-42-24-22-40-32-19-20-33(39(40)46-38-36(45-2)21-18-31(37(38)40)25-34(32)42)41(27-35(44)30-16-10-6-11-17-30)23-12-4-3-7-13-29-14-8-5-9-15-29/h5-6,8-11,14-18,21,32-34,39H,3-4,7,12-13,19-20,22-27H2,1-2H3/t32-,33-,34+,39-,40-/m0/s1. The van der Waals surface area contributed by atoms with Gasteiger partial charge in [0.05, 0.1) is 20.2 Å². The fraction of sp³-hybridized carbons (Fsp3) is 0.500. The highest BCUT2D eigenvalue weighted by atomic mass is 16.5. The van der Waals surface area contributed by atoms with Gasteiger partial charge in [-0.15, -0.1) is 0 Å². The van der Waals surface area contributed by atoms with Gasteiger partial charge in [0.25, 0.3) is 0 Å². The van der Waals surface area contributed by atoms with Crippen LogP contribution in [0.4, 0.5) is 0 Å². The van der Waals surface area contributed by atoms with Gasteiger partial charge >= 0.3 is 0 Å². The lowest BCUT2D eigenvalue weighted by molar-refractivity contribution is -0.123. The van der Waals surface area contributed by atoms with E-state index in [0.717, 1.165) is 75.1 Å². The predicted molar refractivity (Wildman–Crippen MR) is 181 cm³/mol. The summed E-state index contributed by atoms with van der Waals surface area (Å²) in [5.41, 5.74) is 4.76. The summed E-state index contributed by atoms with van der Waals surface area (Å²) in [5.74, 6) is 2.58. The number of carbonyl (C=O) groups is 2. The summed E-state index contributed by atoms with van der Waals surface area (Å²) in [6, 6.07) is 25.3. The van der Waals surface area contributed by atoms with Gasteiger partial charge in [-0.1, -0.05) is 79.6 Å². The first-order valence-corrected chi connectivity index (χ1v) is 17.5. The number of Topliss-reactive ketones (excluding diaryl/α,β-unsaturated/α-hetero) is 2. The lowest BCUT2D eigenvalue weighted by Crippen LogP contribution is -2.69. The highest BCUT2D eigenvalue weighted by molar-refractivity contribution is 5.97. The van der Waals surface area contributed by atoms with Crippen molar-refractivity contribution in [3.63, 3.8) is 0 Å². The summed E-state index contributed by atoms with van der Waals surface area (Å²) in [7, 11) is 1.74. The van der Waals surface area contributed by atoms with Crippen LogP contribution in [0, 0.1) is 5.92 Å². The van der Waals surface area contributed by atoms with Crippen molar-refractivity contribution in [2.24, 2.45) is 5.92 Å². The van der Waals surface area contributed by atoms with Crippen LogP contribution in [0.2, 0.25) is 0 Å². The molecule has 7 rings (SSSR count). The van der Waals surface area contributed by atoms with E-state index in [1.807, 2.05) is 30.3 Å². The molecule has 1 saturated carbocycles. The minimum atomic E-state index is -0.123. The van der Waals surface area contributed by atoms with Gasteiger partial charge in [-0.25, -0.2) is 0 Å². The minimum absolute atomic E-state index is 0.0415. The maximum absolute atomic E-state index is 13.7. The Bertz CT molecular complexity index is 1540. The molecule has 6 nitrogen and oxygen atoms in total. The number of likely N-dealkylation sites (tertiary alicyclic amines) is 1. The lowest BCUT2D eigenvalue weighted by Gasteiger charge is -2.60. The van der Waals surface area contributed by atoms with Crippen molar-refractivity contribution in [2.45, 2.75) is 88.3 Å². The first-order chi connectivity index (χ1) is 22.5. The third kappa shape index (κ3) is 5.68. The molecule has 2 fully saturated rings. The monoisotopic (exact) mass is 620 g/mol. The summed E-state index contributed by atoms with van der Waals surface area (Å²) >= 11 is 0. The highest BCUT2D eigenvalue weighted by Gasteiger charge is 2.66. The maximum atomic E-state index is 13.7. The molecule has 0 amide bonds. The van der Waals surface area contributed by atoms with Crippen molar-refractivity contribution in [2.75, 3.05) is 33.3 Å². The van der Waals surface area contributed by atoms with Crippen molar-refractivity contribution in [3.05, 3.63) is 95.1 Å². The van der Waals surface area contributed by atoms with E-state index in [2.05, 4.69) is 52.3 Å². The summed E-state index contributed by atoms with van der Waals surface area (Å²) in [6.07, 6.45) is 9.64. The second-order valence-electron chi connectivity index (χ2n) is 14.1. The second kappa shape index (κ2) is 13.3. The minimum Gasteiger partial charge on any atom is -0.493 e. The van der Waals surface area contributed by atoms with Crippen molar-refractivity contribution in [3.8, 4) is 11.5 Å². The molecule has 0 N–H and O–H groups in total. The summed E-state index contributed by atoms with van der Waals surface area (Å²) < 4.78 is 13.0. The second-order valence-corrected chi connectivity index (χ2v) is 14.1. The van der Waals surface area contributed by atoms with Gasteiger partial charge in [0.15, 0.2) is 17.3 Å². The molecule has 1 saturated heterocycles. The summed E-state index contributed by atoms with van der Waals surface area (Å²) in [5, 5.41) is 0. The van der Waals surface area contributed by atoms with Gasteiger partial charge in [0.1, 0.15) is 11.9 Å². The number of ketones is 2. The van der Waals surface area contributed by atoms with Crippen molar-refractivity contribution in [1.82, 2.24) is 9.80 Å². The molecule has 0 radical (unpaired) electrons. The average molecular weight is 621 g/mol. The quantitative estimate of drug-likeness (QED) is 0.148. The normalized spacial score (nSPS) is 26.0. The van der Waals surface area contributed by atoms with Crippen LogP contribution in [0.5, 0.6) is 11.5 Å². The Morgan fingerprint density at radius 3 is 2.48 bits per heavy atom. The zero-order valence-electron chi connectivity index (χ0n) is 27.5. The van der Waals surface area contributed by atoms with E-state index in [1.54, 1.807) is 14.0 Å². The number of unbranched alkanes of at least 4 members (excludes halogenated alkanes) is 3. The van der Waals surface area contributed by atoms with Crippen LogP contribution in [0.15, 0.2) is 72.8 Å². The number of rotatable bonds is 14.